The number of hydrogen-bond acceptors (Lipinski definition) is 3. The molecule has 6 nitrogen and oxygen atoms in total. The van der Waals surface area contributed by atoms with Crippen molar-refractivity contribution in [1.29, 1.82) is 0 Å². The van der Waals surface area contributed by atoms with Crippen LogP contribution in [-0.4, -0.2) is 40.4 Å². The van der Waals surface area contributed by atoms with Crippen LogP contribution in [0.1, 0.15) is 70.4 Å². The maximum absolute atomic E-state index is 4.42. The van der Waals surface area contributed by atoms with Crippen molar-refractivity contribution < 1.29 is 0 Å². The highest BCUT2D eigenvalue weighted by Gasteiger charge is 2.23. The van der Waals surface area contributed by atoms with Crippen LogP contribution in [0.2, 0.25) is 0 Å². The Labute approximate surface area is 158 Å². The summed E-state index contributed by atoms with van der Waals surface area (Å²) in [5, 5.41) is 15.9. The maximum atomic E-state index is 4.42. The summed E-state index contributed by atoms with van der Waals surface area (Å²) in [6.07, 6.45) is 10.9. The van der Waals surface area contributed by atoms with Crippen LogP contribution in [-0.2, 0) is 19.4 Å². The number of hydrogen-bond donors (Lipinski definition) is 2. The summed E-state index contributed by atoms with van der Waals surface area (Å²) in [6, 6.07) is 0.556. The number of nitrogens with one attached hydrogen (secondary N) is 2. The standard InChI is InChI=1S/C20H36N6/c1-15(2)16-8-10-17(11-9-16)23-20(21-3)22-13-12-19-25-24-18-7-5-4-6-14-26(18)19/h15-17H,4-14H2,1-3H3,(H2,21,22,23). The Balaban J connectivity index is 1.43. The fourth-order valence-corrected chi connectivity index (χ4v) is 4.34. The molecule has 0 radical (unpaired) electrons. The van der Waals surface area contributed by atoms with Gasteiger partial charge in [-0.2, -0.15) is 0 Å². The van der Waals surface area contributed by atoms with Gasteiger partial charge in [0.25, 0.3) is 0 Å². The molecule has 1 aliphatic carbocycles. The Hall–Kier alpha value is -1.59. The zero-order valence-electron chi connectivity index (χ0n) is 16.8. The van der Waals surface area contributed by atoms with Gasteiger partial charge in [0.15, 0.2) is 5.96 Å². The molecule has 0 atom stereocenters. The van der Waals surface area contributed by atoms with Crippen molar-refractivity contribution in [1.82, 2.24) is 25.4 Å². The molecule has 146 valence electrons. The van der Waals surface area contributed by atoms with Crippen LogP contribution in [0.15, 0.2) is 4.99 Å². The molecule has 0 aromatic carbocycles. The highest BCUT2D eigenvalue weighted by Crippen LogP contribution is 2.29. The number of aliphatic imine (C=N–C) groups is 1. The van der Waals surface area contributed by atoms with Crippen molar-refractivity contribution >= 4 is 5.96 Å². The number of fused-ring (bicyclic) bond motifs is 1. The van der Waals surface area contributed by atoms with Gasteiger partial charge in [-0.25, -0.2) is 0 Å². The van der Waals surface area contributed by atoms with Gasteiger partial charge >= 0.3 is 0 Å². The second-order valence-corrected chi connectivity index (χ2v) is 8.24. The van der Waals surface area contributed by atoms with E-state index in [4.69, 9.17) is 0 Å². The van der Waals surface area contributed by atoms with Crippen molar-refractivity contribution in [2.45, 2.75) is 84.2 Å². The number of aryl methyl sites for hydroxylation is 1. The molecule has 2 heterocycles. The van der Waals surface area contributed by atoms with Gasteiger partial charge in [0.2, 0.25) is 0 Å². The molecule has 6 heteroatoms. The lowest BCUT2D eigenvalue weighted by Crippen LogP contribution is -2.45. The molecular formula is C20H36N6. The average Bonchev–Trinajstić information content (AvgIpc) is 2.88. The number of rotatable bonds is 5. The lowest BCUT2D eigenvalue weighted by molar-refractivity contribution is 0.250. The van der Waals surface area contributed by atoms with Gasteiger partial charge in [-0.1, -0.05) is 20.3 Å². The van der Waals surface area contributed by atoms with Crippen LogP contribution in [0.3, 0.4) is 0 Å². The Morgan fingerprint density at radius 1 is 1.15 bits per heavy atom. The Bertz CT molecular complexity index is 583. The van der Waals surface area contributed by atoms with Crippen LogP contribution in [0.25, 0.3) is 0 Å². The second kappa shape index (κ2) is 9.38. The normalized spacial score (nSPS) is 24.2. The molecule has 0 bridgehead atoms. The Kier molecular flexibility index (Phi) is 6.92. The average molecular weight is 361 g/mol. The summed E-state index contributed by atoms with van der Waals surface area (Å²) in [5.74, 6) is 4.91. The minimum Gasteiger partial charge on any atom is -0.356 e. The summed E-state index contributed by atoms with van der Waals surface area (Å²) in [6.45, 7) is 6.62. The van der Waals surface area contributed by atoms with Gasteiger partial charge in [-0.3, -0.25) is 4.99 Å². The van der Waals surface area contributed by atoms with E-state index in [1.165, 1.54) is 50.8 Å². The summed E-state index contributed by atoms with van der Waals surface area (Å²) in [5.41, 5.74) is 0. The van der Waals surface area contributed by atoms with Gasteiger partial charge in [0.1, 0.15) is 11.6 Å². The molecule has 1 aliphatic heterocycles. The van der Waals surface area contributed by atoms with E-state index < -0.39 is 0 Å². The zero-order chi connectivity index (χ0) is 18.4. The quantitative estimate of drug-likeness (QED) is 0.626. The van der Waals surface area contributed by atoms with Crippen molar-refractivity contribution in [2.24, 2.45) is 16.8 Å². The minimum atomic E-state index is 0.556. The molecule has 2 N–H and O–H groups in total. The smallest absolute Gasteiger partial charge is 0.191 e. The van der Waals surface area contributed by atoms with E-state index in [1.807, 2.05) is 7.05 Å². The number of aromatic nitrogens is 3. The predicted octanol–water partition coefficient (Wildman–Crippen LogP) is 2.93. The molecule has 1 fully saturated rings. The highest BCUT2D eigenvalue weighted by molar-refractivity contribution is 5.79. The van der Waals surface area contributed by atoms with Gasteiger partial charge in [0.05, 0.1) is 0 Å². The molecule has 2 aliphatic rings. The van der Waals surface area contributed by atoms with Crippen molar-refractivity contribution in [3.05, 3.63) is 11.6 Å². The van der Waals surface area contributed by atoms with E-state index in [-0.39, 0.29) is 0 Å². The van der Waals surface area contributed by atoms with E-state index in [1.54, 1.807) is 0 Å². The number of guanidine groups is 1. The molecule has 0 spiro atoms. The SMILES string of the molecule is CN=C(NCCc1nnc2n1CCCCC2)NC1CCC(C(C)C)CC1. The highest BCUT2D eigenvalue weighted by atomic mass is 15.3. The molecule has 26 heavy (non-hydrogen) atoms. The first-order valence-corrected chi connectivity index (χ1v) is 10.6. The summed E-state index contributed by atoms with van der Waals surface area (Å²) >= 11 is 0. The zero-order valence-corrected chi connectivity index (χ0v) is 16.8. The monoisotopic (exact) mass is 360 g/mol. The molecular weight excluding hydrogens is 324 g/mol. The lowest BCUT2D eigenvalue weighted by atomic mass is 9.80. The van der Waals surface area contributed by atoms with Crippen molar-refractivity contribution in [3.63, 3.8) is 0 Å². The second-order valence-electron chi connectivity index (χ2n) is 8.24. The fourth-order valence-electron chi connectivity index (χ4n) is 4.34. The first-order chi connectivity index (χ1) is 12.7. The molecule has 0 amide bonds. The summed E-state index contributed by atoms with van der Waals surface area (Å²) < 4.78 is 2.33. The Morgan fingerprint density at radius 3 is 2.69 bits per heavy atom. The van der Waals surface area contributed by atoms with Gasteiger partial charge in [0, 0.05) is 39.0 Å². The fraction of sp³-hybridized carbons (Fsp3) is 0.850. The van der Waals surface area contributed by atoms with Gasteiger partial charge in [-0.05, 0) is 50.4 Å². The third-order valence-corrected chi connectivity index (χ3v) is 6.11. The van der Waals surface area contributed by atoms with Crippen molar-refractivity contribution in [3.8, 4) is 0 Å². The van der Waals surface area contributed by atoms with Crippen LogP contribution >= 0.6 is 0 Å². The lowest BCUT2D eigenvalue weighted by Gasteiger charge is -2.32. The summed E-state index contributed by atoms with van der Waals surface area (Å²) in [4.78, 5) is 4.41. The van der Waals surface area contributed by atoms with E-state index >= 15 is 0 Å². The van der Waals surface area contributed by atoms with E-state index in [2.05, 4.69) is 44.2 Å². The Morgan fingerprint density at radius 2 is 1.96 bits per heavy atom. The van der Waals surface area contributed by atoms with E-state index in [0.29, 0.717) is 6.04 Å². The third-order valence-electron chi connectivity index (χ3n) is 6.11. The molecule has 3 rings (SSSR count). The van der Waals surface area contributed by atoms with Crippen LogP contribution in [0, 0.1) is 11.8 Å². The minimum absolute atomic E-state index is 0.556. The molecule has 1 aromatic rings. The molecule has 0 saturated heterocycles. The van der Waals surface area contributed by atoms with Crippen LogP contribution in [0.5, 0.6) is 0 Å². The first kappa shape index (κ1) is 19.2. The largest absolute Gasteiger partial charge is 0.356 e. The first-order valence-electron chi connectivity index (χ1n) is 10.6. The van der Waals surface area contributed by atoms with E-state index in [9.17, 15) is 0 Å². The van der Waals surface area contributed by atoms with Gasteiger partial charge < -0.3 is 15.2 Å². The van der Waals surface area contributed by atoms with Gasteiger partial charge in [-0.15, -0.1) is 10.2 Å². The van der Waals surface area contributed by atoms with Crippen LogP contribution in [0.4, 0.5) is 0 Å². The van der Waals surface area contributed by atoms with E-state index in [0.717, 1.165) is 49.6 Å². The molecule has 0 unspecified atom stereocenters. The van der Waals surface area contributed by atoms with Crippen molar-refractivity contribution in [2.75, 3.05) is 13.6 Å². The van der Waals surface area contributed by atoms with Crippen LogP contribution < -0.4 is 10.6 Å². The molecule has 1 aromatic heterocycles. The third kappa shape index (κ3) is 4.98. The summed E-state index contributed by atoms with van der Waals surface area (Å²) in [7, 11) is 1.86. The topological polar surface area (TPSA) is 67.1 Å². The molecule has 1 saturated carbocycles. The number of nitrogens with zero attached hydrogens (tertiary/aromatic N) is 4. The predicted molar refractivity (Wildman–Crippen MR) is 106 cm³/mol. The maximum Gasteiger partial charge on any atom is 0.191 e.